The van der Waals surface area contributed by atoms with Gasteiger partial charge in [0, 0.05) is 12.3 Å². The summed E-state index contributed by atoms with van der Waals surface area (Å²) < 4.78 is 18.6. The smallest absolute Gasteiger partial charge is 0.326 e. The van der Waals surface area contributed by atoms with Crippen molar-refractivity contribution in [1.82, 2.24) is 4.57 Å². The third-order valence-corrected chi connectivity index (χ3v) is 2.01. The van der Waals surface area contributed by atoms with E-state index in [9.17, 15) is 14.0 Å². The summed E-state index contributed by atoms with van der Waals surface area (Å²) in [5.41, 5.74) is -0.422. The molecule has 1 aromatic heterocycles. The summed E-state index contributed by atoms with van der Waals surface area (Å²) in [4.78, 5) is 22.5. The molecular formula is C11H14FNO3. The van der Waals surface area contributed by atoms with Gasteiger partial charge in [0.2, 0.25) is 0 Å². The summed E-state index contributed by atoms with van der Waals surface area (Å²) in [6.07, 6.45) is 2.69. The monoisotopic (exact) mass is 227 g/mol. The lowest BCUT2D eigenvalue weighted by molar-refractivity contribution is -0.144. The number of nitrogens with zero attached hydrogens (tertiary/aromatic N) is 1. The van der Waals surface area contributed by atoms with E-state index in [4.69, 9.17) is 4.74 Å². The Morgan fingerprint density at radius 3 is 2.94 bits per heavy atom. The van der Waals surface area contributed by atoms with Crippen LogP contribution < -0.4 is 5.56 Å². The summed E-state index contributed by atoms with van der Waals surface area (Å²) in [7, 11) is 0. The Morgan fingerprint density at radius 1 is 1.50 bits per heavy atom. The minimum atomic E-state index is -0.555. The first kappa shape index (κ1) is 12.4. The molecule has 88 valence electrons. The third-order valence-electron chi connectivity index (χ3n) is 2.01. The Hall–Kier alpha value is -1.65. The number of halogens is 1. The molecule has 0 radical (unpaired) electrons. The molecule has 0 aliphatic heterocycles. The molecule has 0 N–H and O–H groups in total. The van der Waals surface area contributed by atoms with Gasteiger partial charge >= 0.3 is 5.97 Å². The second kappa shape index (κ2) is 6.05. The molecule has 0 aromatic carbocycles. The molecular weight excluding hydrogens is 213 g/mol. The lowest BCUT2D eigenvalue weighted by atomic mass is 10.4. The fraction of sp³-hybridized carbons (Fsp3) is 0.455. The van der Waals surface area contributed by atoms with Crippen LogP contribution in [0.4, 0.5) is 4.39 Å². The van der Waals surface area contributed by atoms with Crippen molar-refractivity contribution < 1.29 is 13.9 Å². The Labute approximate surface area is 92.7 Å². The zero-order valence-electron chi connectivity index (χ0n) is 9.11. The van der Waals surface area contributed by atoms with Gasteiger partial charge in [-0.2, -0.15) is 0 Å². The van der Waals surface area contributed by atoms with Gasteiger partial charge in [0.25, 0.3) is 5.56 Å². The maximum absolute atomic E-state index is 12.8. The Kier molecular flexibility index (Phi) is 4.69. The van der Waals surface area contributed by atoms with E-state index < -0.39 is 17.3 Å². The Bertz CT molecular complexity index is 414. The summed E-state index contributed by atoms with van der Waals surface area (Å²) >= 11 is 0. The van der Waals surface area contributed by atoms with Crippen LogP contribution in [-0.4, -0.2) is 17.1 Å². The first-order valence-electron chi connectivity index (χ1n) is 5.15. The predicted molar refractivity (Wildman–Crippen MR) is 56.5 cm³/mol. The van der Waals surface area contributed by atoms with E-state index in [0.29, 0.717) is 6.61 Å². The maximum Gasteiger partial charge on any atom is 0.326 e. The average molecular weight is 227 g/mol. The molecule has 0 saturated heterocycles. The molecule has 0 bridgehead atoms. The molecule has 1 aromatic rings. The maximum atomic E-state index is 12.8. The average Bonchev–Trinajstić information content (AvgIpc) is 2.24. The highest BCUT2D eigenvalue weighted by molar-refractivity contribution is 5.69. The fourth-order valence-corrected chi connectivity index (χ4v) is 1.14. The van der Waals surface area contributed by atoms with Crippen molar-refractivity contribution in [2.24, 2.45) is 0 Å². The highest BCUT2D eigenvalue weighted by atomic mass is 19.1. The van der Waals surface area contributed by atoms with E-state index >= 15 is 0 Å². The lowest BCUT2D eigenvalue weighted by Crippen LogP contribution is -2.24. The molecule has 0 saturated carbocycles. The van der Waals surface area contributed by atoms with E-state index in [-0.39, 0.29) is 6.54 Å². The molecule has 1 rings (SSSR count). The summed E-state index contributed by atoms with van der Waals surface area (Å²) in [5.74, 6) is -1.08. The van der Waals surface area contributed by atoms with Gasteiger partial charge in [-0.1, -0.05) is 13.3 Å². The number of aromatic nitrogens is 1. The zero-order chi connectivity index (χ0) is 12.0. The van der Waals surface area contributed by atoms with Crippen molar-refractivity contribution in [2.75, 3.05) is 6.61 Å². The molecule has 1 heterocycles. The molecule has 0 spiro atoms. The van der Waals surface area contributed by atoms with Crippen molar-refractivity contribution in [3.63, 3.8) is 0 Å². The van der Waals surface area contributed by atoms with E-state index in [2.05, 4.69) is 0 Å². The normalized spacial score (nSPS) is 10.1. The van der Waals surface area contributed by atoms with Crippen LogP contribution >= 0.6 is 0 Å². The topological polar surface area (TPSA) is 48.3 Å². The molecule has 4 nitrogen and oxygen atoms in total. The molecule has 0 aliphatic rings. The summed E-state index contributed by atoms with van der Waals surface area (Å²) in [6.45, 7) is 2.06. The largest absolute Gasteiger partial charge is 0.464 e. The van der Waals surface area contributed by atoms with Gasteiger partial charge in [-0.05, 0) is 12.5 Å². The van der Waals surface area contributed by atoms with Crippen LogP contribution in [0.5, 0.6) is 0 Å². The molecule has 0 fully saturated rings. The van der Waals surface area contributed by atoms with Gasteiger partial charge in [0.15, 0.2) is 0 Å². The number of carbonyl (C=O) groups excluding carboxylic acids is 1. The molecule has 0 amide bonds. The first-order chi connectivity index (χ1) is 7.63. The molecule has 5 heteroatoms. The minimum absolute atomic E-state index is 0.250. The van der Waals surface area contributed by atoms with Gasteiger partial charge in [0.05, 0.1) is 6.61 Å². The first-order valence-corrected chi connectivity index (χ1v) is 5.15. The number of pyridine rings is 1. The van der Waals surface area contributed by atoms with Crippen LogP contribution in [0.15, 0.2) is 23.1 Å². The number of unbranched alkanes of at least 4 members (excludes halogenated alkanes) is 1. The van der Waals surface area contributed by atoms with E-state index in [1.165, 1.54) is 0 Å². The van der Waals surface area contributed by atoms with Crippen LogP contribution in [0, 0.1) is 5.82 Å². The quantitative estimate of drug-likeness (QED) is 0.563. The number of ether oxygens (including phenoxy) is 1. The van der Waals surface area contributed by atoms with Crippen LogP contribution in [0.2, 0.25) is 0 Å². The SMILES string of the molecule is CCCCOC(=O)Cn1cc(F)ccc1=O. The standard InChI is InChI=1S/C11H14FNO3/c1-2-3-6-16-11(15)8-13-7-9(12)4-5-10(13)14/h4-5,7H,2-3,6,8H2,1H3. The van der Waals surface area contributed by atoms with Crippen molar-refractivity contribution in [3.05, 3.63) is 34.5 Å². The second-order valence-electron chi connectivity index (χ2n) is 3.39. The number of carbonyl (C=O) groups is 1. The summed E-state index contributed by atoms with van der Waals surface area (Å²) in [5, 5.41) is 0. The molecule has 0 aliphatic carbocycles. The van der Waals surface area contributed by atoms with E-state index in [0.717, 1.165) is 35.7 Å². The minimum Gasteiger partial charge on any atom is -0.464 e. The fourth-order valence-electron chi connectivity index (χ4n) is 1.14. The van der Waals surface area contributed by atoms with Crippen LogP contribution in [0.1, 0.15) is 19.8 Å². The van der Waals surface area contributed by atoms with Crippen LogP contribution in [-0.2, 0) is 16.1 Å². The van der Waals surface area contributed by atoms with Gasteiger partial charge < -0.3 is 9.30 Å². The van der Waals surface area contributed by atoms with Gasteiger partial charge in [0.1, 0.15) is 12.4 Å². The van der Waals surface area contributed by atoms with E-state index in [1.807, 2.05) is 6.92 Å². The van der Waals surface area contributed by atoms with Crippen molar-refractivity contribution in [3.8, 4) is 0 Å². The van der Waals surface area contributed by atoms with Crippen LogP contribution in [0.25, 0.3) is 0 Å². The number of hydrogen-bond acceptors (Lipinski definition) is 3. The van der Waals surface area contributed by atoms with E-state index in [1.54, 1.807) is 0 Å². The number of esters is 1. The predicted octanol–water partition coefficient (Wildman–Crippen LogP) is 1.33. The molecule has 0 unspecified atom stereocenters. The molecule has 16 heavy (non-hydrogen) atoms. The lowest BCUT2D eigenvalue weighted by Gasteiger charge is -2.05. The Morgan fingerprint density at radius 2 is 2.25 bits per heavy atom. The number of rotatable bonds is 5. The third kappa shape index (κ3) is 3.84. The van der Waals surface area contributed by atoms with Crippen molar-refractivity contribution >= 4 is 5.97 Å². The Balaban J connectivity index is 2.56. The van der Waals surface area contributed by atoms with Crippen LogP contribution in [0.3, 0.4) is 0 Å². The van der Waals surface area contributed by atoms with Crippen molar-refractivity contribution in [1.29, 1.82) is 0 Å². The highest BCUT2D eigenvalue weighted by Gasteiger charge is 2.06. The molecule has 0 atom stereocenters. The van der Waals surface area contributed by atoms with Gasteiger partial charge in [-0.3, -0.25) is 9.59 Å². The summed E-state index contributed by atoms with van der Waals surface area (Å²) in [6, 6.07) is 2.13. The number of hydrogen-bond donors (Lipinski definition) is 0. The second-order valence-corrected chi connectivity index (χ2v) is 3.39. The van der Waals surface area contributed by atoms with Crippen molar-refractivity contribution in [2.45, 2.75) is 26.3 Å². The van der Waals surface area contributed by atoms with Gasteiger partial charge in [-0.25, -0.2) is 4.39 Å². The highest BCUT2D eigenvalue weighted by Crippen LogP contribution is 1.94. The van der Waals surface area contributed by atoms with Gasteiger partial charge in [-0.15, -0.1) is 0 Å². The zero-order valence-corrected chi connectivity index (χ0v) is 9.11.